The van der Waals surface area contributed by atoms with Crippen LogP contribution in [0.15, 0.2) is 48.5 Å². The zero-order valence-electron chi connectivity index (χ0n) is 19.2. The minimum Gasteiger partial charge on any atom is -0.480 e. The fourth-order valence-corrected chi connectivity index (χ4v) is 4.53. The molecule has 0 saturated heterocycles. The zero-order chi connectivity index (χ0) is 25.4. The molecule has 1 atom stereocenters. The van der Waals surface area contributed by atoms with Gasteiger partial charge in [-0.25, -0.2) is 18.0 Å². The predicted molar refractivity (Wildman–Crippen MR) is 128 cm³/mol. The molecule has 1 unspecified atom stereocenters. The van der Waals surface area contributed by atoms with Crippen LogP contribution >= 0.6 is 0 Å². The number of benzene rings is 2. The van der Waals surface area contributed by atoms with Crippen molar-refractivity contribution < 1.29 is 37.4 Å². The lowest BCUT2D eigenvalue weighted by atomic mass is 9.98. The third kappa shape index (κ3) is 7.52. The number of hydrogen-bond donors (Lipinski definition) is 3. The summed E-state index contributed by atoms with van der Waals surface area (Å²) in [5.41, 5.74) is 4.47. The van der Waals surface area contributed by atoms with Crippen LogP contribution in [0.2, 0.25) is 0 Å². The van der Waals surface area contributed by atoms with Gasteiger partial charge in [-0.15, -0.1) is 0 Å². The van der Waals surface area contributed by atoms with Crippen molar-refractivity contribution in [3.63, 3.8) is 0 Å². The Kier molecular flexibility index (Phi) is 8.83. The van der Waals surface area contributed by atoms with Crippen molar-refractivity contribution in [3.8, 4) is 11.1 Å². The van der Waals surface area contributed by atoms with Gasteiger partial charge in [-0.2, -0.15) is 0 Å². The minimum absolute atomic E-state index is 0.00130. The van der Waals surface area contributed by atoms with Crippen LogP contribution in [-0.4, -0.2) is 75.9 Å². The Morgan fingerprint density at radius 2 is 1.63 bits per heavy atom. The maximum atomic E-state index is 12.1. The summed E-state index contributed by atoms with van der Waals surface area (Å²) in [4.78, 5) is 35.2. The number of hydrogen-bond acceptors (Lipinski definition) is 7. The van der Waals surface area contributed by atoms with Crippen LogP contribution in [0.25, 0.3) is 11.1 Å². The zero-order valence-corrected chi connectivity index (χ0v) is 20.0. The van der Waals surface area contributed by atoms with Crippen molar-refractivity contribution in [1.29, 1.82) is 0 Å². The van der Waals surface area contributed by atoms with E-state index in [-0.39, 0.29) is 37.9 Å². The summed E-state index contributed by atoms with van der Waals surface area (Å²) in [6, 6.07) is 14.7. The van der Waals surface area contributed by atoms with Gasteiger partial charge >= 0.3 is 12.1 Å². The average Bonchev–Trinajstić information content (AvgIpc) is 3.13. The number of fused-ring (bicyclic) bond motifs is 3. The van der Waals surface area contributed by atoms with Crippen molar-refractivity contribution in [2.24, 2.45) is 0 Å². The SMILES string of the molecule is CS(=O)(=O)CCC(NC(=O)COCCNC(=O)OCC1c2ccccc2-c2ccccc21)C(=O)O. The molecule has 0 aromatic heterocycles. The Morgan fingerprint density at radius 1 is 1.03 bits per heavy atom. The monoisotopic (exact) mass is 504 g/mol. The molecule has 2 aromatic rings. The molecule has 0 saturated carbocycles. The Morgan fingerprint density at radius 3 is 2.20 bits per heavy atom. The predicted octanol–water partition coefficient (Wildman–Crippen LogP) is 1.55. The van der Waals surface area contributed by atoms with Gasteiger partial charge in [0.1, 0.15) is 29.1 Å². The largest absolute Gasteiger partial charge is 0.480 e. The molecule has 1 aliphatic rings. The number of sulfone groups is 1. The van der Waals surface area contributed by atoms with Crippen molar-refractivity contribution in [3.05, 3.63) is 59.7 Å². The molecule has 3 rings (SSSR count). The van der Waals surface area contributed by atoms with Gasteiger partial charge in [-0.05, 0) is 28.7 Å². The van der Waals surface area contributed by atoms with Gasteiger partial charge in [-0.3, -0.25) is 4.79 Å². The van der Waals surface area contributed by atoms with Gasteiger partial charge in [0.25, 0.3) is 0 Å². The van der Waals surface area contributed by atoms with E-state index in [9.17, 15) is 22.8 Å². The van der Waals surface area contributed by atoms with Crippen LogP contribution in [0, 0.1) is 0 Å². The molecule has 0 spiro atoms. The molecule has 0 heterocycles. The molecule has 1 aliphatic carbocycles. The van der Waals surface area contributed by atoms with Crippen LogP contribution in [0.3, 0.4) is 0 Å². The van der Waals surface area contributed by atoms with Crippen molar-refractivity contribution in [2.75, 3.05) is 38.4 Å². The Balaban J connectivity index is 1.36. The fraction of sp³-hybridized carbons (Fsp3) is 0.375. The first-order chi connectivity index (χ1) is 16.7. The summed E-state index contributed by atoms with van der Waals surface area (Å²) < 4.78 is 32.9. The van der Waals surface area contributed by atoms with Crippen molar-refractivity contribution in [1.82, 2.24) is 10.6 Å². The summed E-state index contributed by atoms with van der Waals surface area (Å²) in [5, 5.41) is 13.9. The molecule has 0 fully saturated rings. The molecule has 188 valence electrons. The highest BCUT2D eigenvalue weighted by atomic mass is 32.2. The van der Waals surface area contributed by atoms with Gasteiger partial charge in [0.15, 0.2) is 0 Å². The summed E-state index contributed by atoms with van der Waals surface area (Å²) in [6.07, 6.45) is 0.121. The normalized spacial score (nSPS) is 13.4. The number of alkyl carbamates (subject to hydrolysis) is 1. The molecule has 2 amide bonds. The topological polar surface area (TPSA) is 148 Å². The first-order valence-corrected chi connectivity index (χ1v) is 13.1. The van der Waals surface area contributed by atoms with Gasteiger partial charge in [-0.1, -0.05) is 48.5 Å². The number of ether oxygens (including phenoxy) is 2. The number of nitrogens with one attached hydrogen (secondary N) is 2. The lowest BCUT2D eigenvalue weighted by molar-refractivity contribution is -0.142. The first kappa shape index (κ1) is 26.2. The number of aliphatic carboxylic acids is 1. The standard InChI is InChI=1S/C24H28N2O8S/c1-35(31,32)13-10-21(23(28)29)26-22(27)15-33-12-11-25-24(30)34-14-20-18-8-4-2-6-16(18)17-7-3-5-9-19(17)20/h2-9,20-21H,10-15H2,1H3,(H,25,30)(H,26,27)(H,28,29). The molecule has 0 radical (unpaired) electrons. The van der Waals surface area contributed by atoms with E-state index in [0.717, 1.165) is 28.5 Å². The summed E-state index contributed by atoms with van der Waals surface area (Å²) in [6.45, 7) is -0.179. The second kappa shape index (κ2) is 11.8. The van der Waals surface area contributed by atoms with Crippen LogP contribution in [-0.2, 0) is 28.9 Å². The lowest BCUT2D eigenvalue weighted by Crippen LogP contribution is -2.43. The fourth-order valence-electron chi connectivity index (χ4n) is 3.86. The molecule has 2 aromatic carbocycles. The van der Waals surface area contributed by atoms with Crippen LogP contribution in [0.4, 0.5) is 4.79 Å². The lowest BCUT2D eigenvalue weighted by Gasteiger charge is -2.15. The highest BCUT2D eigenvalue weighted by molar-refractivity contribution is 7.90. The maximum Gasteiger partial charge on any atom is 0.407 e. The van der Waals surface area contributed by atoms with E-state index in [1.54, 1.807) is 0 Å². The van der Waals surface area contributed by atoms with Crippen LogP contribution in [0.5, 0.6) is 0 Å². The Hall–Kier alpha value is -3.44. The summed E-state index contributed by atoms with van der Waals surface area (Å²) >= 11 is 0. The number of carboxylic acid groups (broad SMARTS) is 1. The maximum absolute atomic E-state index is 12.1. The van der Waals surface area contributed by atoms with E-state index in [1.807, 2.05) is 48.5 Å². The molecular weight excluding hydrogens is 476 g/mol. The van der Waals surface area contributed by atoms with E-state index in [4.69, 9.17) is 14.6 Å². The highest BCUT2D eigenvalue weighted by Crippen LogP contribution is 2.44. The quantitative estimate of drug-likeness (QED) is 0.369. The summed E-state index contributed by atoms with van der Waals surface area (Å²) in [7, 11) is -3.36. The van der Waals surface area contributed by atoms with E-state index < -0.39 is 40.5 Å². The minimum atomic E-state index is -3.36. The van der Waals surface area contributed by atoms with Crippen LogP contribution in [0.1, 0.15) is 23.5 Å². The second-order valence-corrected chi connectivity index (χ2v) is 10.4. The van der Waals surface area contributed by atoms with Crippen molar-refractivity contribution in [2.45, 2.75) is 18.4 Å². The molecular formula is C24H28N2O8S. The molecule has 0 bridgehead atoms. The molecule has 10 nitrogen and oxygen atoms in total. The molecule has 0 aliphatic heterocycles. The van der Waals surface area contributed by atoms with Crippen LogP contribution < -0.4 is 10.6 Å². The number of amides is 2. The number of rotatable bonds is 12. The molecule has 35 heavy (non-hydrogen) atoms. The van der Waals surface area contributed by atoms with Gasteiger partial charge in [0.2, 0.25) is 5.91 Å². The third-order valence-corrected chi connectivity index (χ3v) is 6.48. The Bertz CT molecular complexity index is 1140. The van der Waals surface area contributed by atoms with Gasteiger partial charge in [0.05, 0.1) is 12.4 Å². The van der Waals surface area contributed by atoms with E-state index in [1.165, 1.54) is 0 Å². The van der Waals surface area contributed by atoms with E-state index >= 15 is 0 Å². The first-order valence-electron chi connectivity index (χ1n) is 11.0. The van der Waals surface area contributed by atoms with Crippen molar-refractivity contribution >= 4 is 27.8 Å². The van der Waals surface area contributed by atoms with Gasteiger partial charge < -0.3 is 25.2 Å². The van der Waals surface area contributed by atoms with E-state index in [0.29, 0.717) is 0 Å². The highest BCUT2D eigenvalue weighted by Gasteiger charge is 2.29. The average molecular weight is 505 g/mol. The third-order valence-electron chi connectivity index (χ3n) is 5.50. The number of carbonyl (C=O) groups excluding carboxylic acids is 2. The molecule has 3 N–H and O–H groups in total. The smallest absolute Gasteiger partial charge is 0.407 e. The summed E-state index contributed by atoms with van der Waals surface area (Å²) in [5.74, 6) is -2.46. The second-order valence-electron chi connectivity index (χ2n) is 8.18. The number of carboxylic acids is 1. The molecule has 11 heteroatoms. The van der Waals surface area contributed by atoms with Gasteiger partial charge in [0, 0.05) is 18.7 Å². The Labute approximate surface area is 203 Å². The number of carbonyl (C=O) groups is 3. The van der Waals surface area contributed by atoms with E-state index in [2.05, 4.69) is 10.6 Å².